The van der Waals surface area contributed by atoms with Crippen LogP contribution in [0.25, 0.3) is 0 Å². The predicted molar refractivity (Wildman–Crippen MR) is 87.6 cm³/mol. The van der Waals surface area contributed by atoms with Crippen molar-refractivity contribution in [2.45, 2.75) is 17.7 Å². The van der Waals surface area contributed by atoms with Crippen LogP contribution in [0, 0.1) is 5.41 Å². The number of carboxylic acids is 1. The fourth-order valence-electron chi connectivity index (χ4n) is 2.98. The molecule has 0 unspecified atom stereocenters. The number of carboxylic acid groups (broad SMARTS) is 1. The molecule has 1 aromatic carbocycles. The van der Waals surface area contributed by atoms with Crippen LogP contribution in [0.5, 0.6) is 5.75 Å². The largest absolute Gasteiger partial charge is 0.497 e. The number of rotatable bonds is 5. The molecule has 1 saturated heterocycles. The number of sulfonamides is 1. The minimum absolute atomic E-state index is 0.149. The highest BCUT2D eigenvalue weighted by Gasteiger charge is 2.58. The van der Waals surface area contributed by atoms with Crippen LogP contribution in [0.2, 0.25) is 0 Å². The normalized spacial score (nSPS) is 20.1. The molecule has 1 N–H and O–H groups in total. The van der Waals surface area contributed by atoms with Gasteiger partial charge in [-0.15, -0.1) is 0 Å². The summed E-state index contributed by atoms with van der Waals surface area (Å²) >= 11 is 0. The van der Waals surface area contributed by atoms with Crippen LogP contribution in [0.3, 0.4) is 0 Å². The Hall–Kier alpha value is -2.13. The minimum atomic E-state index is -3.65. The lowest BCUT2D eigenvalue weighted by atomic mass is 10.1. The van der Waals surface area contributed by atoms with E-state index >= 15 is 0 Å². The molecule has 0 spiro atoms. The van der Waals surface area contributed by atoms with E-state index in [9.17, 15) is 23.1 Å². The number of benzene rings is 1. The zero-order chi connectivity index (χ0) is 18.2. The molecule has 3 rings (SSSR count). The van der Waals surface area contributed by atoms with Gasteiger partial charge < -0.3 is 14.7 Å². The van der Waals surface area contributed by atoms with E-state index in [-0.39, 0.29) is 31.1 Å². The van der Waals surface area contributed by atoms with Gasteiger partial charge in [0.15, 0.2) is 0 Å². The number of hydrogen-bond acceptors (Lipinski definition) is 5. The Morgan fingerprint density at radius 2 is 1.64 bits per heavy atom. The van der Waals surface area contributed by atoms with Gasteiger partial charge in [-0.1, -0.05) is 0 Å². The van der Waals surface area contributed by atoms with Crippen molar-refractivity contribution >= 4 is 21.9 Å². The second kappa shape index (κ2) is 6.30. The van der Waals surface area contributed by atoms with Crippen LogP contribution in [0.4, 0.5) is 0 Å². The summed E-state index contributed by atoms with van der Waals surface area (Å²) in [6.45, 7) is 0.693. The predicted octanol–water partition coefficient (Wildman–Crippen LogP) is 0.393. The van der Waals surface area contributed by atoms with Gasteiger partial charge in [-0.25, -0.2) is 8.42 Å². The first-order valence-corrected chi connectivity index (χ1v) is 9.42. The second-order valence-corrected chi connectivity index (χ2v) is 8.20. The molecular formula is C16H20N2O6S. The van der Waals surface area contributed by atoms with E-state index in [1.165, 1.54) is 28.4 Å². The molecule has 0 aromatic heterocycles. The third kappa shape index (κ3) is 3.09. The summed E-state index contributed by atoms with van der Waals surface area (Å²) in [5, 5.41) is 9.21. The number of nitrogens with zero attached hydrogens (tertiary/aromatic N) is 2. The average Bonchev–Trinajstić information content (AvgIpc) is 3.43. The number of hydrogen-bond donors (Lipinski definition) is 1. The van der Waals surface area contributed by atoms with Crippen molar-refractivity contribution in [3.8, 4) is 5.75 Å². The van der Waals surface area contributed by atoms with Crippen molar-refractivity contribution in [1.82, 2.24) is 9.21 Å². The number of aliphatic carboxylic acids is 1. The van der Waals surface area contributed by atoms with Gasteiger partial charge in [-0.3, -0.25) is 9.59 Å². The maximum absolute atomic E-state index is 12.7. The molecule has 2 aliphatic rings. The van der Waals surface area contributed by atoms with Crippen LogP contribution in [0.15, 0.2) is 29.2 Å². The lowest BCUT2D eigenvalue weighted by Gasteiger charge is -2.35. The summed E-state index contributed by atoms with van der Waals surface area (Å²) in [6.07, 6.45) is 0.705. The smallest absolute Gasteiger partial charge is 0.319 e. The Labute approximate surface area is 146 Å². The Balaban J connectivity index is 1.67. The van der Waals surface area contributed by atoms with Crippen LogP contribution in [0.1, 0.15) is 12.8 Å². The molecule has 8 nitrogen and oxygen atoms in total. The molecule has 1 aliphatic carbocycles. The first-order chi connectivity index (χ1) is 11.8. The van der Waals surface area contributed by atoms with E-state index in [0.29, 0.717) is 18.6 Å². The molecule has 25 heavy (non-hydrogen) atoms. The van der Waals surface area contributed by atoms with Gasteiger partial charge in [0.2, 0.25) is 15.9 Å². The van der Waals surface area contributed by atoms with Crippen molar-refractivity contribution in [3.63, 3.8) is 0 Å². The van der Waals surface area contributed by atoms with Crippen LogP contribution in [-0.2, 0) is 19.6 Å². The minimum Gasteiger partial charge on any atom is -0.497 e. The van der Waals surface area contributed by atoms with E-state index < -0.39 is 27.3 Å². The summed E-state index contributed by atoms with van der Waals surface area (Å²) in [5.41, 5.74) is -1.28. The van der Waals surface area contributed by atoms with E-state index in [1.54, 1.807) is 12.1 Å². The van der Waals surface area contributed by atoms with Crippen molar-refractivity contribution in [2.24, 2.45) is 5.41 Å². The molecule has 1 heterocycles. The van der Waals surface area contributed by atoms with Crippen LogP contribution in [-0.4, -0.2) is 67.9 Å². The highest BCUT2D eigenvalue weighted by Crippen LogP contribution is 2.47. The zero-order valence-electron chi connectivity index (χ0n) is 13.8. The number of carbonyl (C=O) groups is 2. The molecule has 136 valence electrons. The SMILES string of the molecule is COc1ccc(S(=O)(=O)N2CCN(C(=O)C3(C(=O)O)CC3)CC2)cc1. The molecule has 0 radical (unpaired) electrons. The first kappa shape index (κ1) is 17.7. The van der Waals surface area contributed by atoms with Crippen LogP contribution >= 0.6 is 0 Å². The second-order valence-electron chi connectivity index (χ2n) is 6.26. The monoisotopic (exact) mass is 368 g/mol. The quantitative estimate of drug-likeness (QED) is 0.754. The van der Waals surface area contributed by atoms with Crippen molar-refractivity contribution < 1.29 is 27.9 Å². The first-order valence-electron chi connectivity index (χ1n) is 7.98. The Morgan fingerprint density at radius 1 is 1.08 bits per heavy atom. The van der Waals surface area contributed by atoms with E-state index in [4.69, 9.17) is 4.74 Å². The number of amides is 1. The number of carbonyl (C=O) groups excluding carboxylic acids is 1. The average molecular weight is 368 g/mol. The standard InChI is InChI=1S/C16H20N2O6S/c1-24-12-2-4-13(5-3-12)25(22,23)18-10-8-17(9-11-18)14(19)16(6-7-16)15(20)21/h2-5H,6-11H2,1H3,(H,20,21). The maximum Gasteiger partial charge on any atom is 0.319 e. The summed E-state index contributed by atoms with van der Waals surface area (Å²) in [6, 6.07) is 6.12. The molecule has 2 fully saturated rings. The summed E-state index contributed by atoms with van der Waals surface area (Å²) < 4.78 is 31.7. The molecular weight excluding hydrogens is 348 g/mol. The fraction of sp³-hybridized carbons (Fsp3) is 0.500. The Kier molecular flexibility index (Phi) is 4.46. The van der Waals surface area contributed by atoms with Crippen molar-refractivity contribution in [2.75, 3.05) is 33.3 Å². The van der Waals surface area contributed by atoms with E-state index in [1.807, 2.05) is 0 Å². The molecule has 0 atom stereocenters. The highest BCUT2D eigenvalue weighted by atomic mass is 32.2. The fourth-order valence-corrected chi connectivity index (χ4v) is 4.40. The van der Waals surface area contributed by atoms with E-state index in [2.05, 4.69) is 0 Å². The number of ether oxygens (including phenoxy) is 1. The Bertz CT molecular complexity index is 777. The Morgan fingerprint density at radius 3 is 2.08 bits per heavy atom. The third-order valence-corrected chi connectivity index (χ3v) is 6.70. The molecule has 1 aromatic rings. The molecule has 9 heteroatoms. The van der Waals surface area contributed by atoms with Gasteiger partial charge in [-0.2, -0.15) is 4.31 Å². The van der Waals surface area contributed by atoms with Crippen molar-refractivity contribution in [1.29, 1.82) is 0 Å². The number of piperazine rings is 1. The van der Waals surface area contributed by atoms with Gasteiger partial charge in [0.1, 0.15) is 11.2 Å². The van der Waals surface area contributed by atoms with Crippen molar-refractivity contribution in [3.05, 3.63) is 24.3 Å². The lowest BCUT2D eigenvalue weighted by molar-refractivity contribution is -0.154. The molecule has 0 bridgehead atoms. The zero-order valence-corrected chi connectivity index (χ0v) is 14.7. The number of methoxy groups -OCH3 is 1. The van der Waals surface area contributed by atoms with Gasteiger partial charge in [0.05, 0.1) is 12.0 Å². The lowest BCUT2D eigenvalue weighted by Crippen LogP contribution is -2.53. The van der Waals surface area contributed by atoms with Gasteiger partial charge in [-0.05, 0) is 37.1 Å². The van der Waals surface area contributed by atoms with E-state index in [0.717, 1.165) is 0 Å². The topological polar surface area (TPSA) is 104 Å². The summed E-state index contributed by atoms with van der Waals surface area (Å²) in [5.74, 6) is -0.926. The van der Waals surface area contributed by atoms with Gasteiger partial charge >= 0.3 is 5.97 Å². The highest BCUT2D eigenvalue weighted by molar-refractivity contribution is 7.89. The third-order valence-electron chi connectivity index (χ3n) is 4.79. The molecule has 1 saturated carbocycles. The molecule has 1 aliphatic heterocycles. The summed E-state index contributed by atoms with van der Waals surface area (Å²) in [7, 11) is -2.15. The molecule has 1 amide bonds. The van der Waals surface area contributed by atoms with Gasteiger partial charge in [0.25, 0.3) is 0 Å². The maximum atomic E-state index is 12.7. The van der Waals surface area contributed by atoms with Crippen LogP contribution < -0.4 is 4.74 Å². The summed E-state index contributed by atoms with van der Waals surface area (Å²) in [4.78, 5) is 25.3. The van der Waals surface area contributed by atoms with Gasteiger partial charge in [0, 0.05) is 26.2 Å².